The molecule has 0 saturated carbocycles. The van der Waals surface area contributed by atoms with Gasteiger partial charge in [0.1, 0.15) is 37.4 Å². The van der Waals surface area contributed by atoms with Crippen LogP contribution in [0.1, 0.15) is 38.7 Å². The molecule has 1 aromatic heterocycles. The third-order valence-electron chi connectivity index (χ3n) is 6.79. The number of piperidine rings is 1. The quantitative estimate of drug-likeness (QED) is 0.678. The van der Waals surface area contributed by atoms with E-state index in [2.05, 4.69) is 13.8 Å². The Morgan fingerprint density at radius 3 is 2.55 bits per heavy atom. The Morgan fingerprint density at radius 1 is 1.03 bits per heavy atom. The van der Waals surface area contributed by atoms with E-state index in [9.17, 15) is 9.90 Å². The molecule has 1 fully saturated rings. The van der Waals surface area contributed by atoms with Crippen LogP contribution in [0, 0.1) is 0 Å². The predicted molar refractivity (Wildman–Crippen MR) is 118 cm³/mol. The smallest absolute Gasteiger partial charge is 0.200 e. The van der Waals surface area contributed by atoms with Gasteiger partial charge in [-0.1, -0.05) is 6.07 Å². The van der Waals surface area contributed by atoms with Crippen molar-refractivity contribution in [1.82, 2.24) is 0 Å². The molecule has 162 valence electrons. The second-order valence-corrected chi connectivity index (χ2v) is 8.76. The first-order chi connectivity index (χ1) is 15.0. The molecule has 2 aliphatic heterocycles. The van der Waals surface area contributed by atoms with Crippen LogP contribution in [0.3, 0.4) is 0 Å². The summed E-state index contributed by atoms with van der Waals surface area (Å²) in [5, 5.41) is 11.1. The van der Waals surface area contributed by atoms with Crippen LogP contribution in [0.5, 0.6) is 17.2 Å². The Labute approximate surface area is 181 Å². The predicted octanol–water partition coefficient (Wildman–Crippen LogP) is 3.28. The van der Waals surface area contributed by atoms with Crippen LogP contribution in [0.4, 0.5) is 0 Å². The standard InChI is InChI=1S/C25H27NO5/c1-15-4-3-5-16(2)26(15)13-19-21(27)8-7-18-24(28)20(14-31-25(18)19)17-6-9-22-23(12-17)30-11-10-29-22/h6-9,12,14-16,27H,3-5,10-11,13H2,1-2H3/p+1/t15-,16-/m1/s1. The van der Waals surface area contributed by atoms with Gasteiger partial charge in [-0.2, -0.15) is 0 Å². The fraction of sp³-hybridized carbons (Fsp3) is 0.400. The molecule has 2 atom stereocenters. The van der Waals surface area contributed by atoms with E-state index in [1.54, 1.807) is 12.1 Å². The lowest BCUT2D eigenvalue weighted by atomic mass is 9.96. The van der Waals surface area contributed by atoms with Gasteiger partial charge in [-0.25, -0.2) is 0 Å². The van der Waals surface area contributed by atoms with Crippen LogP contribution >= 0.6 is 0 Å². The summed E-state index contributed by atoms with van der Waals surface area (Å²) in [5.74, 6) is 1.49. The lowest BCUT2D eigenvalue weighted by Crippen LogP contribution is -3.18. The molecule has 2 aliphatic rings. The Morgan fingerprint density at radius 2 is 1.77 bits per heavy atom. The highest BCUT2D eigenvalue weighted by molar-refractivity contribution is 5.85. The number of phenols is 1. The number of quaternary nitrogens is 1. The number of ether oxygens (including phenoxy) is 2. The number of hydrogen-bond donors (Lipinski definition) is 2. The lowest BCUT2D eigenvalue weighted by Gasteiger charge is -2.36. The maximum absolute atomic E-state index is 13.4. The van der Waals surface area contributed by atoms with Gasteiger partial charge in [0.2, 0.25) is 5.43 Å². The molecule has 3 heterocycles. The first kappa shape index (κ1) is 19.9. The van der Waals surface area contributed by atoms with Crippen LogP contribution in [0.15, 0.2) is 45.8 Å². The molecular weight excluding hydrogens is 394 g/mol. The van der Waals surface area contributed by atoms with E-state index in [1.165, 1.54) is 30.4 Å². The van der Waals surface area contributed by atoms with Gasteiger partial charge >= 0.3 is 0 Å². The van der Waals surface area contributed by atoms with Gasteiger partial charge in [-0.15, -0.1) is 0 Å². The van der Waals surface area contributed by atoms with Crippen molar-refractivity contribution in [1.29, 1.82) is 0 Å². The Hall–Kier alpha value is -2.99. The van der Waals surface area contributed by atoms with E-state index in [0.717, 1.165) is 5.56 Å². The van der Waals surface area contributed by atoms with Gasteiger partial charge in [0.15, 0.2) is 11.5 Å². The summed E-state index contributed by atoms with van der Waals surface area (Å²) in [6.07, 6.45) is 5.07. The second kappa shape index (κ2) is 7.93. The maximum atomic E-state index is 13.4. The van der Waals surface area contributed by atoms with Crippen molar-refractivity contribution in [3.05, 3.63) is 52.4 Å². The zero-order chi connectivity index (χ0) is 21.5. The molecule has 0 radical (unpaired) electrons. The number of fused-ring (bicyclic) bond motifs is 2. The molecule has 0 bridgehead atoms. The monoisotopic (exact) mass is 422 g/mol. The fourth-order valence-electron chi connectivity index (χ4n) is 4.97. The fourth-order valence-corrected chi connectivity index (χ4v) is 4.97. The van der Waals surface area contributed by atoms with Gasteiger partial charge in [0, 0.05) is 0 Å². The normalized spacial score (nSPS) is 21.4. The third-order valence-corrected chi connectivity index (χ3v) is 6.79. The van der Waals surface area contributed by atoms with Crippen molar-refractivity contribution in [2.45, 2.75) is 51.7 Å². The maximum Gasteiger partial charge on any atom is 0.200 e. The van der Waals surface area contributed by atoms with Gasteiger partial charge in [-0.05, 0) is 62.9 Å². The highest BCUT2D eigenvalue weighted by Gasteiger charge is 2.30. The topological polar surface area (TPSA) is 73.3 Å². The molecular formula is C25H28NO5+. The number of phenolic OH excluding ortho intramolecular Hbond substituents is 1. The summed E-state index contributed by atoms with van der Waals surface area (Å²) < 4.78 is 17.2. The van der Waals surface area contributed by atoms with E-state index in [0.29, 0.717) is 65.4 Å². The average Bonchev–Trinajstić information content (AvgIpc) is 2.77. The second-order valence-electron chi connectivity index (χ2n) is 8.76. The van der Waals surface area contributed by atoms with Gasteiger partial charge < -0.3 is 23.9 Å². The van der Waals surface area contributed by atoms with Crippen molar-refractivity contribution < 1.29 is 23.9 Å². The number of nitrogens with one attached hydrogen (secondary N) is 1. The first-order valence-corrected chi connectivity index (χ1v) is 11.0. The van der Waals surface area contributed by atoms with Crippen LogP contribution in [-0.4, -0.2) is 30.4 Å². The van der Waals surface area contributed by atoms with Crippen molar-refractivity contribution in [2.24, 2.45) is 0 Å². The summed E-state index contributed by atoms with van der Waals surface area (Å²) in [6.45, 7) is 6.15. The minimum absolute atomic E-state index is 0.117. The Bertz CT molecular complexity index is 1170. The minimum atomic E-state index is -0.117. The Kier molecular flexibility index (Phi) is 5.10. The van der Waals surface area contributed by atoms with E-state index >= 15 is 0 Å². The molecule has 3 aromatic rings. The summed E-state index contributed by atoms with van der Waals surface area (Å²) in [4.78, 5) is 14.8. The first-order valence-electron chi connectivity index (χ1n) is 11.0. The highest BCUT2D eigenvalue weighted by atomic mass is 16.6. The van der Waals surface area contributed by atoms with Crippen LogP contribution < -0.4 is 19.8 Å². The zero-order valence-corrected chi connectivity index (χ0v) is 17.9. The van der Waals surface area contributed by atoms with Gasteiger partial charge in [0.05, 0.1) is 28.6 Å². The summed E-state index contributed by atoms with van der Waals surface area (Å²) in [7, 11) is 0. The molecule has 2 N–H and O–H groups in total. The van der Waals surface area contributed by atoms with Crippen molar-refractivity contribution in [3.8, 4) is 28.4 Å². The summed E-state index contributed by atoms with van der Waals surface area (Å²) in [6, 6.07) is 9.74. The van der Waals surface area contributed by atoms with Crippen molar-refractivity contribution in [3.63, 3.8) is 0 Å². The number of rotatable bonds is 3. The number of likely N-dealkylation sites (tertiary alicyclic amines) is 1. The van der Waals surface area contributed by atoms with Crippen LogP contribution in [-0.2, 0) is 6.54 Å². The van der Waals surface area contributed by atoms with Gasteiger partial charge in [0.25, 0.3) is 0 Å². The largest absolute Gasteiger partial charge is 0.507 e. The number of benzene rings is 2. The van der Waals surface area contributed by atoms with Crippen molar-refractivity contribution >= 4 is 11.0 Å². The molecule has 0 amide bonds. The molecule has 0 unspecified atom stereocenters. The third kappa shape index (κ3) is 3.55. The molecule has 31 heavy (non-hydrogen) atoms. The molecule has 0 spiro atoms. The lowest BCUT2D eigenvalue weighted by molar-refractivity contribution is -0.964. The SMILES string of the molecule is C[C@@H]1CCC[C@@H](C)[NH+]1Cc1c(O)ccc2c(=O)c(-c3ccc4c(c3)OCCO4)coc12. The number of aromatic hydroxyl groups is 1. The van der Waals surface area contributed by atoms with Gasteiger partial charge in [-0.3, -0.25) is 4.79 Å². The van der Waals surface area contributed by atoms with Crippen molar-refractivity contribution in [2.75, 3.05) is 13.2 Å². The van der Waals surface area contributed by atoms with E-state index in [4.69, 9.17) is 13.9 Å². The molecule has 6 nitrogen and oxygen atoms in total. The molecule has 0 aliphatic carbocycles. The van der Waals surface area contributed by atoms with E-state index < -0.39 is 0 Å². The molecule has 1 saturated heterocycles. The van der Waals surface area contributed by atoms with Crippen LogP contribution in [0.2, 0.25) is 0 Å². The number of hydrogen-bond acceptors (Lipinski definition) is 5. The molecule has 2 aromatic carbocycles. The van der Waals surface area contributed by atoms with Crippen LogP contribution in [0.25, 0.3) is 22.1 Å². The average molecular weight is 423 g/mol. The van der Waals surface area contributed by atoms with E-state index in [-0.39, 0.29) is 11.2 Å². The summed E-state index contributed by atoms with van der Waals surface area (Å²) in [5.41, 5.74) is 2.25. The highest BCUT2D eigenvalue weighted by Crippen LogP contribution is 2.35. The Balaban J connectivity index is 1.57. The molecule has 6 heteroatoms. The zero-order valence-electron chi connectivity index (χ0n) is 17.9. The molecule has 5 rings (SSSR count). The minimum Gasteiger partial charge on any atom is -0.507 e. The summed E-state index contributed by atoms with van der Waals surface area (Å²) >= 11 is 0. The van der Waals surface area contributed by atoms with E-state index in [1.807, 2.05) is 18.2 Å².